The van der Waals surface area contributed by atoms with Crippen LogP contribution in [-0.4, -0.2) is 34.3 Å². The fourth-order valence-corrected chi connectivity index (χ4v) is 2.49. The maximum Gasteiger partial charge on any atom is 0.324 e. The molecule has 1 unspecified atom stereocenters. The van der Waals surface area contributed by atoms with Crippen LogP contribution in [0.25, 0.3) is 0 Å². The third kappa shape index (κ3) is 2.84. The van der Waals surface area contributed by atoms with E-state index in [1.807, 2.05) is 0 Å². The Bertz CT molecular complexity index is 524. The summed E-state index contributed by atoms with van der Waals surface area (Å²) in [4.78, 5) is 35.3. The lowest BCUT2D eigenvalue weighted by molar-refractivity contribution is -0.170. The van der Waals surface area contributed by atoms with Gasteiger partial charge in [-0.1, -0.05) is 26.2 Å². The molecule has 0 spiro atoms. The number of hydrogen-bond donors (Lipinski definition) is 2. The maximum atomic E-state index is 12.2. The fraction of sp³-hybridized carbons (Fsp3) is 0.733. The summed E-state index contributed by atoms with van der Waals surface area (Å²) in [6.45, 7) is 3.58. The van der Waals surface area contributed by atoms with Crippen LogP contribution in [0.2, 0.25) is 0 Å². The Hall–Kier alpha value is -1.92. The largest absolute Gasteiger partial charge is 0.480 e. The van der Waals surface area contributed by atoms with Crippen molar-refractivity contribution in [3.05, 3.63) is 0 Å². The van der Waals surface area contributed by atoms with E-state index in [1.54, 1.807) is 0 Å². The molecule has 1 amide bonds. The van der Waals surface area contributed by atoms with Crippen molar-refractivity contribution >= 4 is 23.6 Å². The van der Waals surface area contributed by atoms with Crippen molar-refractivity contribution < 1.29 is 24.2 Å². The van der Waals surface area contributed by atoms with Gasteiger partial charge in [-0.25, -0.2) is 5.43 Å². The molecule has 0 bridgehead atoms. The molecule has 1 heterocycles. The van der Waals surface area contributed by atoms with E-state index in [-0.39, 0.29) is 12.8 Å². The highest BCUT2D eigenvalue weighted by Crippen LogP contribution is 2.48. The highest BCUT2D eigenvalue weighted by Gasteiger charge is 2.61. The molecular formula is C15H22N2O5. The third-order valence-electron chi connectivity index (χ3n) is 4.39. The minimum Gasteiger partial charge on any atom is -0.480 e. The molecule has 2 rings (SSSR count). The number of amides is 1. The number of carboxylic acids is 1. The highest BCUT2D eigenvalue weighted by molar-refractivity contribution is 6.17. The van der Waals surface area contributed by atoms with Gasteiger partial charge < -0.3 is 9.84 Å². The Morgan fingerprint density at radius 3 is 2.55 bits per heavy atom. The average Bonchev–Trinajstić information content (AvgIpc) is 3.23. The number of hydrogen-bond acceptors (Lipinski definition) is 5. The smallest absolute Gasteiger partial charge is 0.324 e. The number of unbranched alkanes of at least 4 members (excludes halogenated alkanes) is 3. The van der Waals surface area contributed by atoms with Crippen molar-refractivity contribution in [1.29, 1.82) is 0 Å². The first-order valence-corrected chi connectivity index (χ1v) is 7.71. The molecule has 2 N–H and O–H groups in total. The first kappa shape index (κ1) is 16.5. The Labute approximate surface area is 129 Å². The molecular weight excluding hydrogens is 288 g/mol. The van der Waals surface area contributed by atoms with E-state index in [2.05, 4.69) is 17.5 Å². The number of esters is 1. The maximum absolute atomic E-state index is 12.2. The normalized spacial score (nSPS) is 25.4. The second-order valence-corrected chi connectivity index (χ2v) is 6.12. The van der Waals surface area contributed by atoms with E-state index >= 15 is 0 Å². The molecule has 0 aromatic rings. The van der Waals surface area contributed by atoms with Crippen LogP contribution in [0.15, 0.2) is 5.10 Å². The van der Waals surface area contributed by atoms with E-state index in [0.29, 0.717) is 12.1 Å². The molecule has 0 aromatic heterocycles. The molecule has 0 aromatic carbocycles. The molecule has 2 aliphatic rings. The van der Waals surface area contributed by atoms with E-state index in [9.17, 15) is 14.4 Å². The molecule has 7 nitrogen and oxygen atoms in total. The van der Waals surface area contributed by atoms with Crippen LogP contribution >= 0.6 is 0 Å². The van der Waals surface area contributed by atoms with Gasteiger partial charge in [-0.15, -0.1) is 0 Å². The first-order valence-electron chi connectivity index (χ1n) is 7.71. The average molecular weight is 310 g/mol. The molecule has 0 radical (unpaired) electrons. The zero-order chi connectivity index (χ0) is 16.4. The van der Waals surface area contributed by atoms with Crippen LogP contribution in [0.5, 0.6) is 0 Å². The van der Waals surface area contributed by atoms with Crippen LogP contribution in [0.1, 0.15) is 58.8 Å². The Morgan fingerprint density at radius 1 is 1.32 bits per heavy atom. The second-order valence-electron chi connectivity index (χ2n) is 6.12. The predicted octanol–water partition coefficient (Wildman–Crippen LogP) is 1.61. The van der Waals surface area contributed by atoms with Crippen molar-refractivity contribution in [3.8, 4) is 0 Å². The number of nitrogens with zero attached hydrogens (tertiary/aromatic N) is 1. The van der Waals surface area contributed by atoms with E-state index in [4.69, 9.17) is 9.84 Å². The monoisotopic (exact) mass is 310 g/mol. The lowest BCUT2D eigenvalue weighted by Crippen LogP contribution is -2.48. The molecule has 1 atom stereocenters. The summed E-state index contributed by atoms with van der Waals surface area (Å²) >= 11 is 0. The van der Waals surface area contributed by atoms with Crippen LogP contribution in [0.3, 0.4) is 0 Å². The SMILES string of the molecule is CCCCCCC1=NNC(=O)C1(C)OC(=O)C1(C(=O)O)CC1. The van der Waals surface area contributed by atoms with Gasteiger partial charge in [-0.05, 0) is 32.6 Å². The lowest BCUT2D eigenvalue weighted by Gasteiger charge is -2.25. The van der Waals surface area contributed by atoms with E-state index in [0.717, 1.165) is 25.7 Å². The number of aliphatic carboxylic acids is 1. The van der Waals surface area contributed by atoms with E-state index < -0.39 is 28.9 Å². The highest BCUT2D eigenvalue weighted by atomic mass is 16.6. The lowest BCUT2D eigenvalue weighted by atomic mass is 9.94. The van der Waals surface area contributed by atoms with Gasteiger partial charge in [0.25, 0.3) is 5.91 Å². The van der Waals surface area contributed by atoms with Gasteiger partial charge in [0.05, 0.1) is 5.71 Å². The van der Waals surface area contributed by atoms with Gasteiger partial charge in [-0.3, -0.25) is 14.4 Å². The minimum absolute atomic E-state index is 0.252. The Balaban J connectivity index is 2.02. The van der Waals surface area contributed by atoms with Crippen LogP contribution in [-0.2, 0) is 19.1 Å². The van der Waals surface area contributed by atoms with Crippen LogP contribution in [0.4, 0.5) is 0 Å². The van der Waals surface area contributed by atoms with Gasteiger partial charge in [-0.2, -0.15) is 5.10 Å². The fourth-order valence-electron chi connectivity index (χ4n) is 2.49. The molecule has 22 heavy (non-hydrogen) atoms. The molecule has 1 aliphatic carbocycles. The van der Waals surface area contributed by atoms with Gasteiger partial charge in [0, 0.05) is 0 Å². The number of carbonyl (C=O) groups excluding carboxylic acids is 2. The van der Waals surface area contributed by atoms with Gasteiger partial charge >= 0.3 is 11.9 Å². The van der Waals surface area contributed by atoms with Crippen molar-refractivity contribution in [3.63, 3.8) is 0 Å². The molecule has 1 saturated carbocycles. The van der Waals surface area contributed by atoms with Crippen LogP contribution < -0.4 is 5.43 Å². The molecule has 1 fully saturated rings. The van der Waals surface area contributed by atoms with Crippen LogP contribution in [0, 0.1) is 5.41 Å². The summed E-state index contributed by atoms with van der Waals surface area (Å²) in [6, 6.07) is 0. The minimum atomic E-state index is -1.49. The standard InChI is InChI=1S/C15H22N2O5/c1-3-4-5-6-7-10-14(2,11(18)17-16-10)22-13(21)15(8-9-15)12(19)20/h3-9H2,1-2H3,(H,17,18)(H,19,20). The molecule has 122 valence electrons. The summed E-state index contributed by atoms with van der Waals surface area (Å²) in [5.74, 6) is -2.56. The van der Waals surface area contributed by atoms with Gasteiger partial charge in [0.2, 0.25) is 5.60 Å². The number of hydrazone groups is 1. The van der Waals surface area contributed by atoms with Crippen molar-refractivity contribution in [2.75, 3.05) is 0 Å². The van der Waals surface area contributed by atoms with E-state index in [1.165, 1.54) is 6.92 Å². The Kier molecular flexibility index (Phi) is 4.53. The molecule has 1 aliphatic heterocycles. The second kappa shape index (κ2) is 6.06. The summed E-state index contributed by atoms with van der Waals surface area (Å²) in [5.41, 5.74) is -0.172. The summed E-state index contributed by atoms with van der Waals surface area (Å²) in [7, 11) is 0. The zero-order valence-corrected chi connectivity index (χ0v) is 13.0. The predicted molar refractivity (Wildman–Crippen MR) is 78.1 cm³/mol. The summed E-state index contributed by atoms with van der Waals surface area (Å²) in [5, 5.41) is 13.1. The van der Waals surface area contributed by atoms with Crippen molar-refractivity contribution in [1.82, 2.24) is 5.43 Å². The Morgan fingerprint density at radius 2 is 2.00 bits per heavy atom. The number of nitrogens with one attached hydrogen (secondary N) is 1. The quantitative estimate of drug-likeness (QED) is 0.402. The topological polar surface area (TPSA) is 105 Å². The van der Waals surface area contributed by atoms with Gasteiger partial charge in [0.15, 0.2) is 5.41 Å². The molecule has 0 saturated heterocycles. The zero-order valence-electron chi connectivity index (χ0n) is 13.0. The van der Waals surface area contributed by atoms with Crippen molar-refractivity contribution in [2.24, 2.45) is 10.5 Å². The summed E-state index contributed by atoms with van der Waals surface area (Å²) in [6.07, 6.45) is 5.09. The first-order chi connectivity index (χ1) is 10.4. The third-order valence-corrected chi connectivity index (χ3v) is 4.39. The number of rotatable bonds is 8. The number of ether oxygens (including phenoxy) is 1. The van der Waals surface area contributed by atoms with Gasteiger partial charge in [0.1, 0.15) is 0 Å². The summed E-state index contributed by atoms with van der Waals surface area (Å²) < 4.78 is 5.31. The number of carbonyl (C=O) groups is 3. The molecule has 7 heteroatoms. The van der Waals surface area contributed by atoms with Crippen molar-refractivity contribution in [2.45, 2.75) is 64.4 Å². The number of carboxylic acid groups (broad SMARTS) is 1.